The van der Waals surface area contributed by atoms with Gasteiger partial charge in [0.15, 0.2) is 6.61 Å². The second-order valence-corrected chi connectivity index (χ2v) is 8.18. The second kappa shape index (κ2) is 7.67. The number of hydrogen-bond acceptors (Lipinski definition) is 6. The smallest absolute Gasteiger partial charge is 0.337 e. The van der Waals surface area contributed by atoms with Gasteiger partial charge in [-0.1, -0.05) is 12.1 Å². The fourth-order valence-corrected chi connectivity index (χ4v) is 4.21. The molecule has 0 atom stereocenters. The number of fused-ring (bicyclic) bond motifs is 1. The molecule has 1 aliphatic heterocycles. The molecule has 0 saturated carbocycles. The number of methoxy groups -OCH3 is 1. The normalized spacial score (nSPS) is 13.1. The molecule has 3 aromatic rings. The lowest BCUT2D eigenvalue weighted by Crippen LogP contribution is -2.38. The molecule has 0 bridgehead atoms. The molecule has 0 radical (unpaired) electrons. The van der Waals surface area contributed by atoms with E-state index in [9.17, 15) is 9.59 Å². The summed E-state index contributed by atoms with van der Waals surface area (Å²) in [5.41, 5.74) is 3.98. The van der Waals surface area contributed by atoms with Gasteiger partial charge in [-0.15, -0.1) is 11.3 Å². The average molecular weight is 408 g/mol. The van der Waals surface area contributed by atoms with Crippen LogP contribution in [0.15, 0.2) is 42.5 Å². The molecule has 4 rings (SSSR count). The first-order chi connectivity index (χ1) is 14.0. The Balaban J connectivity index is 1.67. The molecule has 2 aromatic carbocycles. The van der Waals surface area contributed by atoms with Gasteiger partial charge in [0.1, 0.15) is 5.75 Å². The first kappa shape index (κ1) is 19.1. The number of ether oxygens (including phenoxy) is 2. The van der Waals surface area contributed by atoms with Gasteiger partial charge in [0.2, 0.25) is 0 Å². The van der Waals surface area contributed by atoms with Crippen LogP contribution in [0.1, 0.15) is 25.8 Å². The summed E-state index contributed by atoms with van der Waals surface area (Å²) >= 11 is 1.65. The van der Waals surface area contributed by atoms with Gasteiger partial charge < -0.3 is 14.4 Å². The van der Waals surface area contributed by atoms with Crippen molar-refractivity contribution in [3.63, 3.8) is 0 Å². The molecule has 0 spiro atoms. The van der Waals surface area contributed by atoms with Crippen molar-refractivity contribution >= 4 is 28.9 Å². The van der Waals surface area contributed by atoms with Crippen molar-refractivity contribution in [3.05, 3.63) is 63.5 Å². The predicted molar refractivity (Wildman–Crippen MR) is 111 cm³/mol. The summed E-state index contributed by atoms with van der Waals surface area (Å²) in [7, 11) is 1.35. The quantitative estimate of drug-likeness (QED) is 0.607. The van der Waals surface area contributed by atoms with Crippen LogP contribution in [0.4, 0.5) is 5.69 Å². The maximum absolute atomic E-state index is 12.6. The summed E-state index contributed by atoms with van der Waals surface area (Å²) in [6.45, 7) is 4.41. The Hall–Kier alpha value is -3.19. The predicted octanol–water partition coefficient (Wildman–Crippen LogP) is 4.14. The number of carbonyl (C=O) groups is 2. The van der Waals surface area contributed by atoms with Crippen LogP contribution in [0.3, 0.4) is 0 Å². The van der Waals surface area contributed by atoms with Gasteiger partial charge in [0, 0.05) is 10.4 Å². The molecule has 1 aliphatic rings. The van der Waals surface area contributed by atoms with E-state index in [2.05, 4.69) is 4.98 Å². The van der Waals surface area contributed by atoms with Crippen molar-refractivity contribution in [1.82, 2.24) is 4.98 Å². The van der Waals surface area contributed by atoms with Gasteiger partial charge in [0.25, 0.3) is 5.91 Å². The van der Waals surface area contributed by atoms with E-state index in [1.54, 1.807) is 28.4 Å². The van der Waals surface area contributed by atoms with E-state index in [4.69, 9.17) is 9.47 Å². The second-order valence-electron chi connectivity index (χ2n) is 6.78. The van der Waals surface area contributed by atoms with Gasteiger partial charge in [-0.3, -0.25) is 4.79 Å². The van der Waals surface area contributed by atoms with Crippen LogP contribution < -0.4 is 9.64 Å². The number of hydrogen-bond donors (Lipinski definition) is 0. The van der Waals surface area contributed by atoms with E-state index in [1.165, 1.54) is 7.11 Å². The van der Waals surface area contributed by atoms with E-state index < -0.39 is 0 Å². The Morgan fingerprint density at radius 3 is 2.62 bits per heavy atom. The maximum atomic E-state index is 12.6. The number of thiazole rings is 1. The molecule has 7 heteroatoms. The van der Waals surface area contributed by atoms with Gasteiger partial charge >= 0.3 is 5.97 Å². The lowest BCUT2D eigenvalue weighted by Gasteiger charge is -2.30. The van der Waals surface area contributed by atoms with Crippen molar-refractivity contribution < 1.29 is 19.1 Å². The van der Waals surface area contributed by atoms with Crippen LogP contribution in [-0.4, -0.2) is 30.6 Å². The molecule has 0 aliphatic carbocycles. The standard InChI is InChI=1S/C22H20N2O4S/c1-13-21(23-14(2)29-13)17-8-9-19-18(10-17)24(20(25)12-28-19)11-15-4-6-16(7-5-15)22(26)27-3/h4-10H,11-12H2,1-3H3. The lowest BCUT2D eigenvalue weighted by molar-refractivity contribution is -0.121. The Kier molecular flexibility index (Phi) is 5.07. The largest absolute Gasteiger partial charge is 0.482 e. The third kappa shape index (κ3) is 3.73. The molecule has 6 nitrogen and oxygen atoms in total. The minimum Gasteiger partial charge on any atom is -0.482 e. The van der Waals surface area contributed by atoms with E-state index in [1.807, 2.05) is 44.2 Å². The summed E-state index contributed by atoms with van der Waals surface area (Å²) in [5.74, 6) is 0.171. The van der Waals surface area contributed by atoms with E-state index in [0.29, 0.717) is 17.9 Å². The van der Waals surface area contributed by atoms with Crippen LogP contribution in [0.5, 0.6) is 5.75 Å². The number of carbonyl (C=O) groups excluding carboxylic acids is 2. The molecular formula is C22H20N2O4S. The van der Waals surface area contributed by atoms with Crippen LogP contribution in [-0.2, 0) is 16.1 Å². The zero-order valence-corrected chi connectivity index (χ0v) is 17.2. The number of anilines is 1. The number of aryl methyl sites for hydroxylation is 2. The van der Waals surface area contributed by atoms with E-state index >= 15 is 0 Å². The lowest BCUT2D eigenvalue weighted by atomic mass is 10.1. The highest BCUT2D eigenvalue weighted by molar-refractivity contribution is 7.11. The fourth-order valence-electron chi connectivity index (χ4n) is 3.37. The zero-order valence-electron chi connectivity index (χ0n) is 16.4. The van der Waals surface area contributed by atoms with Gasteiger partial charge in [-0.25, -0.2) is 9.78 Å². The topological polar surface area (TPSA) is 68.7 Å². The number of amides is 1. The van der Waals surface area contributed by atoms with Gasteiger partial charge in [-0.05, 0) is 49.7 Å². The SMILES string of the molecule is COC(=O)c1ccc(CN2C(=O)COc3ccc(-c4nc(C)sc4C)cc32)cc1. The summed E-state index contributed by atoms with van der Waals surface area (Å²) in [4.78, 5) is 31.7. The van der Waals surface area contributed by atoms with Gasteiger partial charge in [-0.2, -0.15) is 0 Å². The number of esters is 1. The van der Waals surface area contributed by atoms with Crippen molar-refractivity contribution in [2.45, 2.75) is 20.4 Å². The Bertz CT molecular complexity index is 1090. The Labute approximate surface area is 172 Å². The minimum atomic E-state index is -0.386. The van der Waals surface area contributed by atoms with E-state index in [0.717, 1.165) is 32.4 Å². The van der Waals surface area contributed by atoms with Crippen molar-refractivity contribution in [1.29, 1.82) is 0 Å². The first-order valence-corrected chi connectivity index (χ1v) is 9.97. The highest BCUT2D eigenvalue weighted by Crippen LogP contribution is 2.38. The third-order valence-corrected chi connectivity index (χ3v) is 5.68. The van der Waals surface area contributed by atoms with Crippen LogP contribution >= 0.6 is 11.3 Å². The maximum Gasteiger partial charge on any atom is 0.337 e. The molecular weight excluding hydrogens is 388 g/mol. The summed E-state index contributed by atoms with van der Waals surface area (Å²) in [6, 6.07) is 12.9. The molecule has 0 N–H and O–H groups in total. The van der Waals surface area contributed by atoms with Crippen molar-refractivity contribution in [2.75, 3.05) is 18.6 Å². The monoisotopic (exact) mass is 408 g/mol. The third-order valence-electron chi connectivity index (χ3n) is 4.79. The molecule has 0 saturated heterocycles. The minimum absolute atomic E-state index is 0.00142. The molecule has 2 heterocycles. The van der Waals surface area contributed by atoms with Crippen molar-refractivity contribution in [3.8, 4) is 17.0 Å². The van der Waals surface area contributed by atoms with Crippen LogP contribution in [0, 0.1) is 13.8 Å². The highest BCUT2D eigenvalue weighted by Gasteiger charge is 2.26. The fraction of sp³-hybridized carbons (Fsp3) is 0.227. The van der Waals surface area contributed by atoms with Crippen LogP contribution in [0.2, 0.25) is 0 Å². The Morgan fingerprint density at radius 2 is 1.97 bits per heavy atom. The molecule has 148 valence electrons. The van der Waals surface area contributed by atoms with Crippen LogP contribution in [0.25, 0.3) is 11.3 Å². The number of aromatic nitrogens is 1. The molecule has 0 fully saturated rings. The number of benzene rings is 2. The molecule has 1 aromatic heterocycles. The average Bonchev–Trinajstić information content (AvgIpc) is 3.07. The van der Waals surface area contributed by atoms with Crippen molar-refractivity contribution in [2.24, 2.45) is 0 Å². The Morgan fingerprint density at radius 1 is 1.21 bits per heavy atom. The summed E-state index contributed by atoms with van der Waals surface area (Å²) in [6.07, 6.45) is 0. The summed E-state index contributed by atoms with van der Waals surface area (Å²) < 4.78 is 10.4. The number of rotatable bonds is 4. The number of nitrogens with zero attached hydrogens (tertiary/aromatic N) is 2. The van der Waals surface area contributed by atoms with Gasteiger partial charge in [0.05, 0.1) is 35.6 Å². The molecule has 1 amide bonds. The molecule has 0 unspecified atom stereocenters. The first-order valence-electron chi connectivity index (χ1n) is 9.15. The summed E-state index contributed by atoms with van der Waals surface area (Å²) in [5, 5.41) is 1.00. The van der Waals surface area contributed by atoms with E-state index in [-0.39, 0.29) is 18.5 Å². The zero-order chi connectivity index (χ0) is 20.5. The molecule has 29 heavy (non-hydrogen) atoms. The highest BCUT2D eigenvalue weighted by atomic mass is 32.1.